The number of halogens is 1. The highest BCUT2D eigenvalue weighted by atomic mass is 35.5. The molecule has 0 N–H and O–H groups in total. The zero-order valence-electron chi connectivity index (χ0n) is 22.3. The molecule has 37 heavy (non-hydrogen) atoms. The number of benzene rings is 3. The second kappa shape index (κ2) is 15.3. The summed E-state index contributed by atoms with van der Waals surface area (Å²) in [5.41, 5.74) is 2.60. The Labute approximate surface area is 226 Å². The molecule has 0 radical (unpaired) electrons. The molecule has 3 aromatic carbocycles. The topological polar surface area (TPSA) is 44.8 Å². The van der Waals surface area contributed by atoms with Crippen LogP contribution < -0.4 is 9.47 Å². The molecule has 0 aromatic heterocycles. The standard InChI is InChI=1S/C32H39ClO4/c1-4-6-7-8-9-10-21-35-28-16-11-25(12-17-28)26-13-18-29(19-14-26)37-31-20-15-27(22-30(31)33)32(34)36-23-24(3)5-2/h11-20,22,24H,4-10,21,23H2,1-3H3. The van der Waals surface area contributed by atoms with Gasteiger partial charge in [0.05, 0.1) is 23.8 Å². The van der Waals surface area contributed by atoms with E-state index in [1.807, 2.05) is 43.3 Å². The van der Waals surface area contributed by atoms with Crippen LogP contribution in [0, 0.1) is 5.92 Å². The molecule has 1 unspecified atom stereocenters. The Hall–Kier alpha value is -2.98. The summed E-state index contributed by atoms with van der Waals surface area (Å²) in [6.07, 6.45) is 8.50. The highest BCUT2D eigenvalue weighted by Crippen LogP contribution is 2.32. The van der Waals surface area contributed by atoms with E-state index in [-0.39, 0.29) is 5.97 Å². The third kappa shape index (κ3) is 9.44. The lowest BCUT2D eigenvalue weighted by molar-refractivity contribution is 0.0447. The molecule has 4 nitrogen and oxygen atoms in total. The number of hydrogen-bond acceptors (Lipinski definition) is 4. The molecule has 3 rings (SSSR count). The molecule has 0 amide bonds. The number of esters is 1. The quantitative estimate of drug-likeness (QED) is 0.147. The first-order valence-electron chi connectivity index (χ1n) is 13.5. The predicted molar refractivity (Wildman–Crippen MR) is 152 cm³/mol. The Morgan fingerprint density at radius 2 is 1.43 bits per heavy atom. The Morgan fingerprint density at radius 3 is 2.05 bits per heavy atom. The predicted octanol–water partition coefficient (Wildman–Crippen LogP) is 9.74. The third-order valence-electron chi connectivity index (χ3n) is 6.40. The van der Waals surface area contributed by atoms with E-state index in [4.69, 9.17) is 25.8 Å². The third-order valence-corrected chi connectivity index (χ3v) is 6.70. The molecule has 0 saturated carbocycles. The summed E-state index contributed by atoms with van der Waals surface area (Å²) in [6.45, 7) is 7.51. The molecule has 0 spiro atoms. The van der Waals surface area contributed by atoms with Crippen LogP contribution in [0.15, 0.2) is 66.7 Å². The van der Waals surface area contributed by atoms with Crippen LogP contribution in [0.4, 0.5) is 0 Å². The molecule has 198 valence electrons. The molecule has 0 aliphatic rings. The highest BCUT2D eigenvalue weighted by Gasteiger charge is 2.13. The SMILES string of the molecule is CCCCCCCCOc1ccc(-c2ccc(Oc3ccc(C(=O)OCC(C)CC)cc3Cl)cc2)cc1. The molecule has 5 heteroatoms. The molecule has 0 aliphatic heterocycles. The molecule has 0 fully saturated rings. The van der Waals surface area contributed by atoms with Gasteiger partial charge in [0.1, 0.15) is 17.2 Å². The summed E-state index contributed by atoms with van der Waals surface area (Å²) in [5.74, 6) is 2.00. The van der Waals surface area contributed by atoms with Gasteiger partial charge >= 0.3 is 5.97 Å². The van der Waals surface area contributed by atoms with E-state index < -0.39 is 0 Å². The van der Waals surface area contributed by atoms with Crippen LogP contribution in [-0.4, -0.2) is 19.2 Å². The van der Waals surface area contributed by atoms with Gasteiger partial charge in [0.25, 0.3) is 0 Å². The van der Waals surface area contributed by atoms with Crippen molar-refractivity contribution in [2.75, 3.05) is 13.2 Å². The number of carbonyl (C=O) groups is 1. The van der Waals surface area contributed by atoms with Crippen molar-refractivity contribution in [3.8, 4) is 28.4 Å². The number of ether oxygens (including phenoxy) is 3. The summed E-state index contributed by atoms with van der Waals surface area (Å²) >= 11 is 6.38. The number of hydrogen-bond donors (Lipinski definition) is 0. The first-order valence-corrected chi connectivity index (χ1v) is 13.9. The minimum atomic E-state index is -0.378. The van der Waals surface area contributed by atoms with Crippen LogP contribution in [0.3, 0.4) is 0 Å². The van der Waals surface area contributed by atoms with E-state index in [0.29, 0.717) is 34.6 Å². The van der Waals surface area contributed by atoms with Crippen molar-refractivity contribution >= 4 is 17.6 Å². The Balaban J connectivity index is 1.50. The van der Waals surface area contributed by atoms with E-state index in [2.05, 4.69) is 26.0 Å². The maximum Gasteiger partial charge on any atom is 0.338 e. The molecule has 0 saturated heterocycles. The van der Waals surface area contributed by atoms with Crippen LogP contribution in [0.1, 0.15) is 76.1 Å². The maximum absolute atomic E-state index is 12.3. The zero-order valence-corrected chi connectivity index (χ0v) is 23.1. The minimum absolute atomic E-state index is 0.325. The molecule has 0 heterocycles. The first kappa shape index (κ1) is 28.6. The van der Waals surface area contributed by atoms with Crippen LogP contribution in [-0.2, 0) is 4.74 Å². The normalized spacial score (nSPS) is 11.7. The Kier molecular flexibility index (Phi) is 11.8. The van der Waals surface area contributed by atoms with E-state index in [1.54, 1.807) is 18.2 Å². The highest BCUT2D eigenvalue weighted by molar-refractivity contribution is 6.32. The minimum Gasteiger partial charge on any atom is -0.494 e. The van der Waals surface area contributed by atoms with Crippen molar-refractivity contribution in [1.29, 1.82) is 0 Å². The fraction of sp³-hybridized carbons (Fsp3) is 0.406. The number of rotatable bonds is 15. The van der Waals surface area contributed by atoms with Crippen LogP contribution in [0.25, 0.3) is 11.1 Å². The average Bonchev–Trinajstić information content (AvgIpc) is 2.93. The number of unbranched alkanes of at least 4 members (excludes halogenated alkanes) is 5. The maximum atomic E-state index is 12.3. The zero-order chi connectivity index (χ0) is 26.5. The van der Waals surface area contributed by atoms with Crippen molar-refractivity contribution < 1.29 is 19.0 Å². The van der Waals surface area contributed by atoms with Gasteiger partial charge in [-0.1, -0.05) is 95.2 Å². The van der Waals surface area contributed by atoms with Crippen molar-refractivity contribution in [2.24, 2.45) is 5.92 Å². The largest absolute Gasteiger partial charge is 0.494 e. The molecule has 1 atom stereocenters. The first-order chi connectivity index (χ1) is 18.0. The summed E-state index contributed by atoms with van der Waals surface area (Å²) in [6, 6.07) is 21.0. The Bertz CT molecular complexity index is 1090. The molecular formula is C32H39ClO4. The van der Waals surface area contributed by atoms with Gasteiger partial charge in [0.15, 0.2) is 0 Å². The van der Waals surface area contributed by atoms with E-state index in [9.17, 15) is 4.79 Å². The lowest BCUT2D eigenvalue weighted by Gasteiger charge is -2.12. The fourth-order valence-corrected chi connectivity index (χ4v) is 4.01. The molecule has 3 aromatic rings. The molecule has 0 bridgehead atoms. The van der Waals surface area contributed by atoms with Gasteiger partial charge in [0.2, 0.25) is 0 Å². The van der Waals surface area contributed by atoms with Crippen LogP contribution in [0.2, 0.25) is 5.02 Å². The van der Waals surface area contributed by atoms with Gasteiger partial charge in [-0.25, -0.2) is 4.79 Å². The van der Waals surface area contributed by atoms with Crippen LogP contribution in [0.5, 0.6) is 17.2 Å². The summed E-state index contributed by atoms with van der Waals surface area (Å²) in [7, 11) is 0. The molecule has 0 aliphatic carbocycles. The van der Waals surface area contributed by atoms with E-state index in [0.717, 1.165) is 36.3 Å². The second-order valence-corrected chi connectivity index (χ2v) is 9.93. The summed E-state index contributed by atoms with van der Waals surface area (Å²) in [5, 5.41) is 0.360. The smallest absolute Gasteiger partial charge is 0.338 e. The van der Waals surface area contributed by atoms with Gasteiger partial charge in [-0.3, -0.25) is 0 Å². The molecular weight excluding hydrogens is 484 g/mol. The van der Waals surface area contributed by atoms with E-state index >= 15 is 0 Å². The van der Waals surface area contributed by atoms with Gasteiger partial charge < -0.3 is 14.2 Å². The van der Waals surface area contributed by atoms with Crippen molar-refractivity contribution in [3.05, 3.63) is 77.3 Å². The van der Waals surface area contributed by atoms with E-state index in [1.165, 1.54) is 32.1 Å². The second-order valence-electron chi connectivity index (χ2n) is 9.52. The lowest BCUT2D eigenvalue weighted by Crippen LogP contribution is -2.11. The monoisotopic (exact) mass is 522 g/mol. The summed E-state index contributed by atoms with van der Waals surface area (Å²) < 4.78 is 17.2. The van der Waals surface area contributed by atoms with Crippen molar-refractivity contribution in [3.63, 3.8) is 0 Å². The van der Waals surface area contributed by atoms with Gasteiger partial charge in [0, 0.05) is 0 Å². The Morgan fingerprint density at radius 1 is 0.811 bits per heavy atom. The fourth-order valence-electron chi connectivity index (χ4n) is 3.79. The van der Waals surface area contributed by atoms with Crippen LogP contribution >= 0.6 is 11.6 Å². The van der Waals surface area contributed by atoms with Gasteiger partial charge in [-0.15, -0.1) is 0 Å². The van der Waals surface area contributed by atoms with Gasteiger partial charge in [-0.2, -0.15) is 0 Å². The van der Waals surface area contributed by atoms with Gasteiger partial charge in [-0.05, 0) is 65.9 Å². The van der Waals surface area contributed by atoms with Crippen molar-refractivity contribution in [2.45, 2.75) is 65.7 Å². The average molecular weight is 523 g/mol. The van der Waals surface area contributed by atoms with Crippen molar-refractivity contribution in [1.82, 2.24) is 0 Å². The lowest BCUT2D eigenvalue weighted by atomic mass is 10.1. The summed E-state index contributed by atoms with van der Waals surface area (Å²) in [4.78, 5) is 12.3. The number of carbonyl (C=O) groups excluding carboxylic acids is 1.